The van der Waals surface area contributed by atoms with Gasteiger partial charge in [-0.2, -0.15) is 28.1 Å². The zero-order valence-electron chi connectivity index (χ0n) is 17.0. The van der Waals surface area contributed by atoms with Crippen LogP contribution in [0.25, 0.3) is 11.4 Å². The number of ether oxygens (including phenoxy) is 2. The fraction of sp³-hybridized carbons (Fsp3) is 0.526. The number of morpholine rings is 2. The first-order chi connectivity index (χ1) is 15.3. The lowest BCUT2D eigenvalue weighted by molar-refractivity contribution is -0.138. The third-order valence-corrected chi connectivity index (χ3v) is 5.04. The van der Waals surface area contributed by atoms with E-state index in [1.165, 1.54) is 0 Å². The van der Waals surface area contributed by atoms with E-state index in [0.29, 0.717) is 52.6 Å². The average Bonchev–Trinajstić information content (AvgIpc) is 2.79. The van der Waals surface area contributed by atoms with Gasteiger partial charge in [0.1, 0.15) is 0 Å². The first kappa shape index (κ1) is 22.1. The molecular weight excluding hydrogens is 433 g/mol. The van der Waals surface area contributed by atoms with Crippen molar-refractivity contribution in [3.8, 4) is 11.4 Å². The first-order valence-electron chi connectivity index (χ1n) is 10.0. The fourth-order valence-electron chi connectivity index (χ4n) is 3.45. The topological polar surface area (TPSA) is 114 Å². The van der Waals surface area contributed by atoms with Crippen LogP contribution in [0.3, 0.4) is 0 Å². The first-order valence-corrected chi connectivity index (χ1v) is 10.0. The monoisotopic (exact) mass is 454 g/mol. The van der Waals surface area contributed by atoms with E-state index in [-0.39, 0.29) is 29.0 Å². The van der Waals surface area contributed by atoms with E-state index < -0.39 is 24.1 Å². The Morgan fingerprint density at radius 3 is 1.97 bits per heavy atom. The van der Waals surface area contributed by atoms with Crippen LogP contribution in [0.1, 0.15) is 11.3 Å². The highest BCUT2D eigenvalue weighted by molar-refractivity contribution is 5.70. The highest BCUT2D eigenvalue weighted by atomic mass is 19.4. The van der Waals surface area contributed by atoms with E-state index in [2.05, 4.69) is 19.9 Å². The molecule has 0 spiro atoms. The Morgan fingerprint density at radius 1 is 0.969 bits per heavy atom. The number of rotatable bonds is 5. The van der Waals surface area contributed by atoms with E-state index >= 15 is 0 Å². The molecule has 4 heterocycles. The quantitative estimate of drug-likeness (QED) is 0.708. The third kappa shape index (κ3) is 5.05. The zero-order valence-corrected chi connectivity index (χ0v) is 17.0. The van der Waals surface area contributed by atoms with Crippen molar-refractivity contribution in [1.29, 1.82) is 0 Å². The minimum Gasteiger partial charge on any atom is -0.481 e. The van der Waals surface area contributed by atoms with Crippen molar-refractivity contribution in [3.63, 3.8) is 0 Å². The Balaban J connectivity index is 1.81. The number of aromatic nitrogens is 4. The molecule has 0 bridgehead atoms. The van der Waals surface area contributed by atoms with Crippen molar-refractivity contribution in [2.45, 2.75) is 12.6 Å². The molecule has 13 heteroatoms. The van der Waals surface area contributed by atoms with Crippen LogP contribution >= 0.6 is 0 Å². The number of alkyl halides is 3. The molecule has 0 radical (unpaired) electrons. The third-order valence-electron chi connectivity index (χ3n) is 5.04. The lowest BCUT2D eigenvalue weighted by Crippen LogP contribution is -2.40. The second-order valence-corrected chi connectivity index (χ2v) is 7.25. The van der Waals surface area contributed by atoms with Crippen molar-refractivity contribution in [2.75, 3.05) is 62.4 Å². The molecule has 2 aliphatic heterocycles. The van der Waals surface area contributed by atoms with Gasteiger partial charge in [0.2, 0.25) is 11.9 Å². The van der Waals surface area contributed by atoms with Gasteiger partial charge in [-0.15, -0.1) is 0 Å². The SMILES string of the molecule is O=C(O)Cc1cc(C(F)(F)F)c(-c2nc(N3CCOCC3)nc(N3CCOCC3)n2)cn1. The molecule has 172 valence electrons. The normalized spacial score (nSPS) is 17.5. The number of aliphatic carboxylic acids is 1. The summed E-state index contributed by atoms with van der Waals surface area (Å²) in [5, 5.41) is 8.92. The van der Waals surface area contributed by atoms with Crippen LogP contribution in [-0.2, 0) is 26.9 Å². The number of anilines is 2. The van der Waals surface area contributed by atoms with E-state index in [1.54, 1.807) is 0 Å². The molecule has 1 N–H and O–H groups in total. The van der Waals surface area contributed by atoms with E-state index in [0.717, 1.165) is 12.3 Å². The van der Waals surface area contributed by atoms with E-state index in [4.69, 9.17) is 14.6 Å². The van der Waals surface area contributed by atoms with Gasteiger partial charge in [-0.1, -0.05) is 0 Å². The Hall–Kier alpha value is -3.06. The van der Waals surface area contributed by atoms with Gasteiger partial charge in [-0.25, -0.2) is 0 Å². The molecule has 2 fully saturated rings. The maximum Gasteiger partial charge on any atom is 0.417 e. The number of halogens is 3. The molecule has 2 aliphatic rings. The number of carboxylic acid groups (broad SMARTS) is 1. The largest absolute Gasteiger partial charge is 0.481 e. The number of carboxylic acids is 1. The van der Waals surface area contributed by atoms with Crippen molar-refractivity contribution < 1.29 is 32.5 Å². The summed E-state index contributed by atoms with van der Waals surface area (Å²) in [5.74, 6) is -0.947. The van der Waals surface area contributed by atoms with Crippen molar-refractivity contribution >= 4 is 17.9 Å². The van der Waals surface area contributed by atoms with E-state index in [1.807, 2.05) is 9.80 Å². The summed E-state index contributed by atoms with van der Waals surface area (Å²) in [6, 6.07) is 0.732. The van der Waals surface area contributed by atoms with Gasteiger partial charge in [0.25, 0.3) is 0 Å². The summed E-state index contributed by atoms with van der Waals surface area (Å²) >= 11 is 0. The number of hydrogen-bond acceptors (Lipinski definition) is 9. The van der Waals surface area contributed by atoms with Crippen molar-refractivity contribution in [3.05, 3.63) is 23.5 Å². The summed E-state index contributed by atoms with van der Waals surface area (Å²) in [6.07, 6.45) is -4.41. The van der Waals surface area contributed by atoms with Crippen LogP contribution in [0.4, 0.5) is 25.1 Å². The molecule has 2 saturated heterocycles. The molecule has 0 unspecified atom stereocenters. The number of carbonyl (C=O) groups is 1. The standard InChI is InChI=1S/C19H21F3N6O4/c20-19(21,22)14-9-12(10-15(29)30)23-11-13(14)16-24-17(27-1-5-31-6-2-27)26-18(25-16)28-3-7-32-8-4-28/h9,11H,1-8,10H2,(H,29,30). The molecule has 10 nitrogen and oxygen atoms in total. The lowest BCUT2D eigenvalue weighted by Gasteiger charge is -2.30. The molecule has 2 aromatic heterocycles. The highest BCUT2D eigenvalue weighted by Crippen LogP contribution is 2.37. The molecule has 0 atom stereocenters. The molecule has 0 amide bonds. The van der Waals surface area contributed by atoms with Crippen LogP contribution in [-0.4, -0.2) is 83.6 Å². The van der Waals surface area contributed by atoms with Gasteiger partial charge in [-0.3, -0.25) is 9.78 Å². The van der Waals surface area contributed by atoms with Crippen LogP contribution in [0, 0.1) is 0 Å². The smallest absolute Gasteiger partial charge is 0.417 e. The molecule has 0 aromatic carbocycles. The summed E-state index contributed by atoms with van der Waals surface area (Å²) in [4.78, 5) is 31.6. The number of pyridine rings is 1. The van der Waals surface area contributed by atoms with Crippen LogP contribution in [0.5, 0.6) is 0 Å². The molecule has 0 saturated carbocycles. The average molecular weight is 454 g/mol. The minimum atomic E-state index is -4.75. The Bertz CT molecular complexity index is 942. The molecule has 4 rings (SSSR count). The molecule has 0 aliphatic carbocycles. The van der Waals surface area contributed by atoms with Gasteiger partial charge in [0.15, 0.2) is 5.82 Å². The minimum absolute atomic E-state index is 0.176. The Kier molecular flexibility index (Phi) is 6.37. The second kappa shape index (κ2) is 9.20. The highest BCUT2D eigenvalue weighted by Gasteiger charge is 2.36. The summed E-state index contributed by atoms with van der Waals surface area (Å²) < 4.78 is 52.3. The Morgan fingerprint density at radius 2 is 1.50 bits per heavy atom. The molecular formula is C19H21F3N6O4. The van der Waals surface area contributed by atoms with Crippen molar-refractivity contribution in [2.24, 2.45) is 0 Å². The maximum atomic E-state index is 13.9. The number of hydrogen-bond donors (Lipinski definition) is 1. The lowest BCUT2D eigenvalue weighted by atomic mass is 10.1. The van der Waals surface area contributed by atoms with Gasteiger partial charge in [0, 0.05) is 32.4 Å². The summed E-state index contributed by atoms with van der Waals surface area (Å²) in [7, 11) is 0. The fourth-order valence-corrected chi connectivity index (χ4v) is 3.45. The van der Waals surface area contributed by atoms with Crippen LogP contribution < -0.4 is 9.80 Å². The maximum absolute atomic E-state index is 13.9. The predicted molar refractivity (Wildman–Crippen MR) is 105 cm³/mol. The zero-order chi connectivity index (χ0) is 22.7. The predicted octanol–water partition coefficient (Wildman–Crippen LogP) is 1.25. The van der Waals surface area contributed by atoms with Crippen LogP contribution in [0.15, 0.2) is 12.3 Å². The van der Waals surface area contributed by atoms with Gasteiger partial charge < -0.3 is 24.4 Å². The van der Waals surface area contributed by atoms with E-state index in [9.17, 15) is 18.0 Å². The summed E-state index contributed by atoms with van der Waals surface area (Å²) in [5.41, 5.74) is -1.58. The molecule has 32 heavy (non-hydrogen) atoms. The van der Waals surface area contributed by atoms with Gasteiger partial charge >= 0.3 is 12.1 Å². The van der Waals surface area contributed by atoms with Crippen molar-refractivity contribution in [1.82, 2.24) is 19.9 Å². The van der Waals surface area contributed by atoms with Gasteiger partial charge in [0.05, 0.1) is 49.7 Å². The number of nitrogens with zero attached hydrogens (tertiary/aromatic N) is 6. The molecule has 2 aromatic rings. The Labute approximate surface area is 181 Å². The van der Waals surface area contributed by atoms with Gasteiger partial charge in [-0.05, 0) is 6.07 Å². The van der Waals surface area contributed by atoms with Crippen LogP contribution in [0.2, 0.25) is 0 Å². The summed E-state index contributed by atoms with van der Waals surface area (Å²) in [6.45, 7) is 3.78. The second-order valence-electron chi connectivity index (χ2n) is 7.25.